The summed E-state index contributed by atoms with van der Waals surface area (Å²) < 4.78 is 0. The van der Waals surface area contributed by atoms with E-state index in [1.165, 1.54) is 10.4 Å². The molecule has 0 bridgehead atoms. The van der Waals surface area contributed by atoms with Gasteiger partial charge in [-0.25, -0.2) is 0 Å². The molecule has 0 aliphatic heterocycles. The predicted octanol–water partition coefficient (Wildman–Crippen LogP) is 4.25. The molecule has 0 radical (unpaired) electrons. The third kappa shape index (κ3) is 5.52. The molecule has 0 aliphatic rings. The number of rotatable bonds is 6. The van der Waals surface area contributed by atoms with Crippen LogP contribution in [0.2, 0.25) is 0 Å². The van der Waals surface area contributed by atoms with E-state index in [9.17, 15) is 0 Å². The van der Waals surface area contributed by atoms with E-state index in [-0.39, 0.29) is 12.1 Å². The third-order valence-electron chi connectivity index (χ3n) is 4.16. The summed E-state index contributed by atoms with van der Waals surface area (Å²) >= 11 is 0. The Balaban J connectivity index is 1.65. The maximum atomic E-state index is 3.49. The fourth-order valence-electron chi connectivity index (χ4n) is 2.97. The minimum Gasteiger partial charge on any atom is -0.379 e. The van der Waals surface area contributed by atoms with Crippen molar-refractivity contribution in [2.75, 3.05) is 10.6 Å². The van der Waals surface area contributed by atoms with Crippen LogP contribution in [0.4, 0.5) is 11.4 Å². The second-order valence-corrected chi connectivity index (χ2v) is 6.60. The van der Waals surface area contributed by atoms with Crippen LogP contribution in [0.5, 0.6) is 0 Å². The normalized spacial score (nSPS) is 12.7. The van der Waals surface area contributed by atoms with Gasteiger partial charge in [-0.2, -0.15) is 0 Å². The highest BCUT2D eigenvalue weighted by Crippen LogP contribution is 2.08. The highest BCUT2D eigenvalue weighted by Gasteiger charge is 1.98. The molecule has 3 aromatic carbocycles. The van der Waals surface area contributed by atoms with Gasteiger partial charge in [-0.05, 0) is 48.6 Å². The first-order valence-electron chi connectivity index (χ1n) is 9.12. The fourth-order valence-corrected chi connectivity index (χ4v) is 2.97. The zero-order chi connectivity index (χ0) is 18.2. The van der Waals surface area contributed by atoms with E-state index >= 15 is 0 Å². The van der Waals surface area contributed by atoms with E-state index in [0.717, 1.165) is 11.4 Å². The maximum absolute atomic E-state index is 3.49. The van der Waals surface area contributed by atoms with Gasteiger partial charge in [0.05, 0.1) is 0 Å². The Labute approximate surface area is 155 Å². The van der Waals surface area contributed by atoms with Gasteiger partial charge in [-0.15, -0.1) is 0 Å². The molecule has 0 saturated heterocycles. The molecule has 2 nitrogen and oxygen atoms in total. The lowest BCUT2D eigenvalue weighted by molar-refractivity contribution is 1.04. The summed E-state index contributed by atoms with van der Waals surface area (Å²) in [6.45, 7) is 4.33. The SMILES string of the molecule is CC(C=c1ccc(=CC(C)Nc2ccccc2)cc1)Nc1ccccc1. The van der Waals surface area contributed by atoms with Gasteiger partial charge >= 0.3 is 0 Å². The fraction of sp³-hybridized carbons (Fsp3) is 0.167. The molecule has 0 aliphatic carbocycles. The summed E-state index contributed by atoms with van der Waals surface area (Å²) in [6.07, 6.45) is 4.48. The topological polar surface area (TPSA) is 24.1 Å². The van der Waals surface area contributed by atoms with Crippen molar-refractivity contribution in [1.29, 1.82) is 0 Å². The second kappa shape index (κ2) is 8.91. The van der Waals surface area contributed by atoms with Crippen LogP contribution in [-0.2, 0) is 0 Å². The zero-order valence-electron chi connectivity index (χ0n) is 15.4. The van der Waals surface area contributed by atoms with Crippen molar-refractivity contribution in [2.45, 2.75) is 25.9 Å². The molecule has 3 rings (SSSR count). The summed E-state index contributed by atoms with van der Waals surface area (Å²) in [6, 6.07) is 29.8. The monoisotopic (exact) mass is 342 g/mol. The minimum absolute atomic E-state index is 0.269. The lowest BCUT2D eigenvalue weighted by Gasteiger charge is -2.11. The standard InChI is InChI=1S/C24H26N2/c1-19(25-23-9-5-3-6-10-23)17-21-13-15-22(16-14-21)18-20(2)26-24-11-7-4-8-12-24/h3-20,25-26H,1-2H3. The van der Waals surface area contributed by atoms with Crippen molar-refractivity contribution < 1.29 is 0 Å². The van der Waals surface area contributed by atoms with E-state index in [4.69, 9.17) is 0 Å². The number of hydrogen-bond acceptors (Lipinski definition) is 2. The maximum Gasteiger partial charge on any atom is 0.0424 e. The van der Waals surface area contributed by atoms with Crippen LogP contribution in [0.1, 0.15) is 13.8 Å². The molecule has 0 spiro atoms. The lowest BCUT2D eigenvalue weighted by atomic mass is 10.1. The molecule has 0 amide bonds. The number of nitrogens with one attached hydrogen (secondary N) is 2. The number of hydrogen-bond donors (Lipinski definition) is 2. The van der Waals surface area contributed by atoms with Crippen molar-refractivity contribution in [2.24, 2.45) is 0 Å². The molecule has 2 atom stereocenters. The smallest absolute Gasteiger partial charge is 0.0424 e. The van der Waals surface area contributed by atoms with Gasteiger partial charge in [0.25, 0.3) is 0 Å². The van der Waals surface area contributed by atoms with Crippen molar-refractivity contribution >= 4 is 23.5 Å². The van der Waals surface area contributed by atoms with E-state index in [0.29, 0.717) is 0 Å². The van der Waals surface area contributed by atoms with Gasteiger partial charge in [0.2, 0.25) is 0 Å². The largest absolute Gasteiger partial charge is 0.379 e. The van der Waals surface area contributed by atoms with Crippen LogP contribution in [0, 0.1) is 0 Å². The molecule has 3 aromatic rings. The second-order valence-electron chi connectivity index (χ2n) is 6.60. The van der Waals surface area contributed by atoms with Crippen LogP contribution in [0.15, 0.2) is 84.9 Å². The van der Waals surface area contributed by atoms with Crippen LogP contribution in [-0.4, -0.2) is 12.1 Å². The molecule has 26 heavy (non-hydrogen) atoms. The number of para-hydroxylation sites is 2. The molecule has 0 aromatic heterocycles. The van der Waals surface area contributed by atoms with Gasteiger partial charge in [-0.1, -0.05) is 72.8 Å². The minimum atomic E-state index is 0.269. The zero-order valence-corrected chi connectivity index (χ0v) is 15.4. The Bertz CT molecular complexity index is 815. The van der Waals surface area contributed by atoms with E-state index in [1.807, 2.05) is 36.4 Å². The highest BCUT2D eigenvalue weighted by molar-refractivity contribution is 5.50. The molecule has 0 heterocycles. The lowest BCUT2D eigenvalue weighted by Crippen LogP contribution is -2.19. The molecule has 2 heteroatoms. The number of anilines is 2. The highest BCUT2D eigenvalue weighted by atomic mass is 14.9. The van der Waals surface area contributed by atoms with Gasteiger partial charge in [0.15, 0.2) is 0 Å². The van der Waals surface area contributed by atoms with E-state index < -0.39 is 0 Å². The average Bonchev–Trinajstić information content (AvgIpc) is 2.65. The summed E-state index contributed by atoms with van der Waals surface area (Å²) in [7, 11) is 0. The molecule has 2 N–H and O–H groups in total. The molecule has 132 valence electrons. The van der Waals surface area contributed by atoms with Crippen molar-refractivity contribution in [3.63, 3.8) is 0 Å². The van der Waals surface area contributed by atoms with Crippen molar-refractivity contribution in [1.82, 2.24) is 0 Å². The molecular weight excluding hydrogens is 316 g/mol. The van der Waals surface area contributed by atoms with Crippen LogP contribution >= 0.6 is 0 Å². The third-order valence-corrected chi connectivity index (χ3v) is 4.16. The quantitative estimate of drug-likeness (QED) is 0.700. The first kappa shape index (κ1) is 17.8. The van der Waals surface area contributed by atoms with E-state index in [1.54, 1.807) is 0 Å². The molecule has 0 saturated carbocycles. The Morgan fingerprint density at radius 3 is 1.23 bits per heavy atom. The van der Waals surface area contributed by atoms with Crippen molar-refractivity contribution in [3.8, 4) is 0 Å². The molecular formula is C24H26N2. The Hall–Kier alpha value is -3.00. The first-order valence-corrected chi connectivity index (χ1v) is 9.12. The van der Waals surface area contributed by atoms with Crippen molar-refractivity contribution in [3.05, 3.63) is 95.4 Å². The summed E-state index contributed by atoms with van der Waals surface area (Å²) in [5, 5.41) is 9.43. The first-order chi connectivity index (χ1) is 12.7. The summed E-state index contributed by atoms with van der Waals surface area (Å²) in [4.78, 5) is 0. The summed E-state index contributed by atoms with van der Waals surface area (Å²) in [5.74, 6) is 0. The Morgan fingerprint density at radius 2 is 0.885 bits per heavy atom. The summed E-state index contributed by atoms with van der Waals surface area (Å²) in [5.41, 5.74) is 2.28. The molecule has 2 unspecified atom stereocenters. The Morgan fingerprint density at radius 1 is 0.538 bits per heavy atom. The predicted molar refractivity (Wildman–Crippen MR) is 114 cm³/mol. The van der Waals surface area contributed by atoms with Gasteiger partial charge < -0.3 is 10.6 Å². The van der Waals surface area contributed by atoms with Crippen LogP contribution in [0.25, 0.3) is 12.2 Å². The van der Waals surface area contributed by atoms with Gasteiger partial charge in [0, 0.05) is 23.5 Å². The van der Waals surface area contributed by atoms with Gasteiger partial charge in [0.1, 0.15) is 0 Å². The Kier molecular flexibility index (Phi) is 6.10. The van der Waals surface area contributed by atoms with Crippen LogP contribution < -0.4 is 21.1 Å². The van der Waals surface area contributed by atoms with Crippen LogP contribution in [0.3, 0.4) is 0 Å². The van der Waals surface area contributed by atoms with Gasteiger partial charge in [-0.3, -0.25) is 0 Å². The number of benzene rings is 3. The average molecular weight is 342 g/mol. The molecule has 0 fully saturated rings. The van der Waals surface area contributed by atoms with E-state index in [2.05, 4.69) is 85.2 Å².